The number of amides is 3. The van der Waals surface area contributed by atoms with Crippen molar-refractivity contribution in [1.29, 1.82) is 0 Å². The molecule has 202 valence electrons. The Bertz CT molecular complexity index is 1650. The molecule has 1 heterocycles. The lowest BCUT2D eigenvalue weighted by Crippen LogP contribution is -2.27. The number of rotatable bonds is 8. The van der Waals surface area contributed by atoms with E-state index in [1.165, 1.54) is 36.3 Å². The number of thioether (sulfide) groups is 1. The number of nitrogens with one attached hydrogen (secondary N) is 1. The first kappa shape index (κ1) is 27.7. The zero-order valence-corrected chi connectivity index (χ0v) is 24.1. The van der Waals surface area contributed by atoms with Gasteiger partial charge in [0, 0.05) is 5.69 Å². The van der Waals surface area contributed by atoms with Gasteiger partial charge in [-0.15, -0.1) is 0 Å². The van der Waals surface area contributed by atoms with Gasteiger partial charge in [-0.05, 0) is 98.7 Å². The van der Waals surface area contributed by atoms with Crippen LogP contribution in [-0.4, -0.2) is 35.7 Å². The first-order valence-corrected chi connectivity index (χ1v) is 14.0. The maximum atomic E-state index is 13.2. The van der Waals surface area contributed by atoms with E-state index in [0.29, 0.717) is 31.2 Å². The largest absolute Gasteiger partial charge is 0.493 e. The highest BCUT2D eigenvalue weighted by atomic mass is 127. The predicted molar refractivity (Wildman–Crippen MR) is 162 cm³/mol. The minimum absolute atomic E-state index is 0.178. The van der Waals surface area contributed by atoms with Crippen LogP contribution in [0.2, 0.25) is 0 Å². The maximum Gasteiger partial charge on any atom is 0.293 e. The molecule has 4 aromatic rings. The normalized spacial score (nSPS) is 14.2. The minimum atomic E-state index is -0.423. The van der Waals surface area contributed by atoms with Gasteiger partial charge in [-0.25, -0.2) is 4.39 Å². The molecule has 4 aromatic carbocycles. The Kier molecular flexibility index (Phi) is 8.36. The lowest BCUT2D eigenvalue weighted by Gasteiger charge is -2.15. The van der Waals surface area contributed by atoms with Gasteiger partial charge in [0.25, 0.3) is 17.1 Å². The predicted octanol–water partition coefficient (Wildman–Crippen LogP) is 6.85. The zero-order valence-electron chi connectivity index (χ0n) is 21.1. The van der Waals surface area contributed by atoms with E-state index >= 15 is 0 Å². The number of benzene rings is 4. The number of hydrogen-bond acceptors (Lipinski definition) is 6. The van der Waals surface area contributed by atoms with E-state index in [1.807, 2.05) is 42.5 Å². The molecule has 0 atom stereocenters. The van der Waals surface area contributed by atoms with E-state index in [-0.39, 0.29) is 24.3 Å². The van der Waals surface area contributed by atoms with Crippen LogP contribution in [0.3, 0.4) is 0 Å². The highest BCUT2D eigenvalue weighted by molar-refractivity contribution is 14.1. The summed E-state index contributed by atoms with van der Waals surface area (Å²) >= 11 is 2.94. The molecule has 40 heavy (non-hydrogen) atoms. The molecular weight excluding hydrogens is 646 g/mol. The molecule has 3 amide bonds. The van der Waals surface area contributed by atoms with Crippen LogP contribution < -0.4 is 14.8 Å². The lowest BCUT2D eigenvalue weighted by atomic mass is 10.0. The monoisotopic (exact) mass is 668 g/mol. The number of fused-ring (bicyclic) bond motifs is 1. The van der Waals surface area contributed by atoms with Crippen molar-refractivity contribution in [2.24, 2.45) is 0 Å². The molecule has 1 saturated heterocycles. The number of nitrogens with zero attached hydrogens (tertiary/aromatic N) is 1. The van der Waals surface area contributed by atoms with E-state index < -0.39 is 11.7 Å². The van der Waals surface area contributed by atoms with Crippen LogP contribution in [0.25, 0.3) is 16.8 Å². The van der Waals surface area contributed by atoms with Crippen LogP contribution in [0.1, 0.15) is 11.1 Å². The number of ether oxygens (including phenoxy) is 2. The van der Waals surface area contributed by atoms with Crippen LogP contribution in [0.5, 0.6) is 11.5 Å². The molecule has 5 rings (SSSR count). The summed E-state index contributed by atoms with van der Waals surface area (Å²) in [7, 11) is 1.47. The van der Waals surface area contributed by atoms with Crippen molar-refractivity contribution in [3.63, 3.8) is 0 Å². The summed E-state index contributed by atoms with van der Waals surface area (Å²) in [5.74, 6) is -0.465. The van der Waals surface area contributed by atoms with Crippen LogP contribution in [0.15, 0.2) is 83.8 Å². The Morgan fingerprint density at radius 3 is 2.58 bits per heavy atom. The molecule has 1 N–H and O–H groups in total. The second-order valence-corrected chi connectivity index (χ2v) is 10.9. The number of halogens is 2. The molecule has 0 bridgehead atoms. The minimum Gasteiger partial charge on any atom is -0.493 e. The van der Waals surface area contributed by atoms with Gasteiger partial charge in [0.05, 0.1) is 22.1 Å². The molecule has 0 saturated carbocycles. The molecule has 0 spiro atoms. The van der Waals surface area contributed by atoms with E-state index in [1.54, 1.807) is 18.2 Å². The molecule has 0 aliphatic carbocycles. The topological polar surface area (TPSA) is 84.9 Å². The number of imide groups is 1. The molecule has 1 aliphatic heterocycles. The summed E-state index contributed by atoms with van der Waals surface area (Å²) in [5, 5.41) is 4.34. The smallest absolute Gasteiger partial charge is 0.293 e. The van der Waals surface area contributed by atoms with Crippen molar-refractivity contribution in [3.8, 4) is 11.5 Å². The highest BCUT2D eigenvalue weighted by Crippen LogP contribution is 2.38. The Balaban J connectivity index is 1.30. The highest BCUT2D eigenvalue weighted by Gasteiger charge is 2.35. The fraction of sp³-hybridized carbons (Fsp3) is 0.100. The lowest BCUT2D eigenvalue weighted by molar-refractivity contribution is -0.123. The number of carbonyl (C=O) groups excluding carboxylic acids is 3. The van der Waals surface area contributed by atoms with E-state index in [2.05, 4.69) is 27.9 Å². The molecule has 10 heteroatoms. The third-order valence-corrected chi connectivity index (χ3v) is 7.82. The fourth-order valence-electron chi connectivity index (χ4n) is 4.22. The number of carbonyl (C=O) groups is 3. The molecule has 0 radical (unpaired) electrons. The Morgan fingerprint density at radius 1 is 1.05 bits per heavy atom. The van der Waals surface area contributed by atoms with Gasteiger partial charge in [-0.3, -0.25) is 19.3 Å². The summed E-state index contributed by atoms with van der Waals surface area (Å²) in [6.07, 6.45) is 1.64. The van der Waals surface area contributed by atoms with Crippen molar-refractivity contribution in [2.75, 3.05) is 19.0 Å². The molecule has 1 aliphatic rings. The van der Waals surface area contributed by atoms with E-state index in [0.717, 1.165) is 28.1 Å². The van der Waals surface area contributed by atoms with Crippen LogP contribution in [-0.2, 0) is 16.1 Å². The van der Waals surface area contributed by atoms with Crippen molar-refractivity contribution in [2.45, 2.75) is 6.54 Å². The van der Waals surface area contributed by atoms with E-state index in [4.69, 9.17) is 9.47 Å². The van der Waals surface area contributed by atoms with Crippen LogP contribution in [0, 0.1) is 9.39 Å². The van der Waals surface area contributed by atoms with Gasteiger partial charge in [0.2, 0.25) is 0 Å². The summed E-state index contributed by atoms with van der Waals surface area (Å²) in [5.41, 5.74) is 1.98. The van der Waals surface area contributed by atoms with Gasteiger partial charge in [-0.1, -0.05) is 42.5 Å². The van der Waals surface area contributed by atoms with Gasteiger partial charge >= 0.3 is 0 Å². The first-order chi connectivity index (χ1) is 19.3. The van der Waals surface area contributed by atoms with Crippen LogP contribution >= 0.6 is 34.4 Å². The molecule has 0 aromatic heterocycles. The molecule has 0 unspecified atom stereocenters. The van der Waals surface area contributed by atoms with Crippen molar-refractivity contribution >= 4 is 73.9 Å². The average molecular weight is 668 g/mol. The Labute approximate surface area is 247 Å². The second kappa shape index (κ2) is 12.1. The van der Waals surface area contributed by atoms with Gasteiger partial charge in [0.1, 0.15) is 5.82 Å². The summed E-state index contributed by atoms with van der Waals surface area (Å²) in [4.78, 5) is 39.9. The van der Waals surface area contributed by atoms with Crippen molar-refractivity contribution in [1.82, 2.24) is 4.90 Å². The Morgan fingerprint density at radius 2 is 1.80 bits per heavy atom. The first-order valence-electron chi connectivity index (χ1n) is 12.1. The molecule has 7 nitrogen and oxygen atoms in total. The Hall–Kier alpha value is -3.90. The maximum absolute atomic E-state index is 13.2. The number of methoxy groups -OCH3 is 1. The standard InChI is InChI=1S/C30H22FIN2O5S/c1-38-25-14-18(13-24(32)28(25)39-17-27(35)33-22-11-9-21(31)10-12-22)15-26-29(36)34(30(37)40-26)16-20-7-4-6-19-5-2-3-8-23(19)20/h2-15H,16-17H2,1H3,(H,33,35)/b26-15+. The number of hydrogen-bond donors (Lipinski definition) is 1. The summed E-state index contributed by atoms with van der Waals surface area (Å²) in [6.45, 7) is -0.118. The quantitative estimate of drug-likeness (QED) is 0.164. The van der Waals surface area contributed by atoms with Gasteiger partial charge in [-0.2, -0.15) is 0 Å². The third-order valence-electron chi connectivity index (χ3n) is 6.11. The SMILES string of the molecule is COc1cc(/C=C2/SC(=O)N(Cc3cccc4ccccc34)C2=O)cc(I)c1OCC(=O)Nc1ccc(F)cc1. The zero-order chi connectivity index (χ0) is 28.2. The molecular formula is C30H22FIN2O5S. The fourth-order valence-corrected chi connectivity index (χ4v) is 5.84. The van der Waals surface area contributed by atoms with Gasteiger partial charge < -0.3 is 14.8 Å². The van der Waals surface area contributed by atoms with Crippen molar-refractivity contribution < 1.29 is 28.2 Å². The average Bonchev–Trinajstić information content (AvgIpc) is 3.20. The molecule has 1 fully saturated rings. The third kappa shape index (κ3) is 6.13. The summed E-state index contributed by atoms with van der Waals surface area (Å²) < 4.78 is 24.9. The number of anilines is 1. The van der Waals surface area contributed by atoms with E-state index in [9.17, 15) is 18.8 Å². The second-order valence-electron chi connectivity index (χ2n) is 8.78. The van der Waals surface area contributed by atoms with Crippen LogP contribution in [0.4, 0.5) is 14.9 Å². The van der Waals surface area contributed by atoms with Crippen molar-refractivity contribution in [3.05, 3.63) is 104 Å². The van der Waals surface area contributed by atoms with Gasteiger partial charge in [0.15, 0.2) is 18.1 Å². The summed E-state index contributed by atoms with van der Waals surface area (Å²) in [6, 6.07) is 22.5.